The molecule has 2 aromatic heterocycles. The summed E-state index contributed by atoms with van der Waals surface area (Å²) in [6.07, 6.45) is 2.08. The van der Waals surface area contributed by atoms with Gasteiger partial charge in [0.25, 0.3) is 0 Å². The zero-order valence-electron chi connectivity index (χ0n) is 11.0. The Balaban J connectivity index is 2.29. The molecule has 4 nitrogen and oxygen atoms in total. The molecule has 0 spiro atoms. The lowest BCUT2D eigenvalue weighted by Crippen LogP contribution is -2.12. The summed E-state index contributed by atoms with van der Waals surface area (Å²) in [5.41, 5.74) is 2.88. The fourth-order valence-electron chi connectivity index (χ4n) is 1.88. The van der Waals surface area contributed by atoms with Crippen LogP contribution < -0.4 is 0 Å². The molecule has 2 heterocycles. The van der Waals surface area contributed by atoms with Crippen molar-refractivity contribution in [1.29, 1.82) is 0 Å². The van der Waals surface area contributed by atoms with E-state index >= 15 is 0 Å². The van der Waals surface area contributed by atoms with E-state index in [0.717, 1.165) is 29.1 Å². The molecule has 2 aromatic rings. The first-order valence-electron chi connectivity index (χ1n) is 6.11. The van der Waals surface area contributed by atoms with Crippen LogP contribution in [0.3, 0.4) is 0 Å². The van der Waals surface area contributed by atoms with Gasteiger partial charge in [0.05, 0.1) is 18.6 Å². The minimum absolute atomic E-state index is 0.231. The number of pyridine rings is 1. The van der Waals surface area contributed by atoms with Crippen LogP contribution in [0.4, 0.5) is 0 Å². The van der Waals surface area contributed by atoms with Crippen LogP contribution in [0.1, 0.15) is 25.2 Å². The molecule has 0 unspecified atom stereocenters. The average molecular weight is 268 g/mol. The minimum Gasteiger partial charge on any atom is -0.377 e. The van der Waals surface area contributed by atoms with Crippen molar-refractivity contribution in [2.75, 3.05) is 6.61 Å². The molecule has 5 heteroatoms. The first-order valence-corrected chi connectivity index (χ1v) is 6.64. The lowest BCUT2D eigenvalue weighted by atomic mass is 10.3. The number of nitrogens with zero attached hydrogens (tertiary/aromatic N) is 3. The van der Waals surface area contributed by atoms with Crippen molar-refractivity contribution in [1.82, 2.24) is 14.5 Å². The van der Waals surface area contributed by atoms with Gasteiger partial charge in [-0.1, -0.05) is 0 Å². The molecule has 18 heavy (non-hydrogen) atoms. The van der Waals surface area contributed by atoms with Crippen LogP contribution in [0.15, 0.2) is 12.3 Å². The van der Waals surface area contributed by atoms with E-state index in [1.165, 1.54) is 0 Å². The summed E-state index contributed by atoms with van der Waals surface area (Å²) in [5, 5.41) is 0. The number of hydrogen-bond donors (Lipinski definition) is 0. The van der Waals surface area contributed by atoms with Crippen molar-refractivity contribution < 1.29 is 4.74 Å². The Morgan fingerprint density at radius 2 is 2.22 bits per heavy atom. The fourth-order valence-corrected chi connectivity index (χ4v) is 2.08. The largest absolute Gasteiger partial charge is 0.377 e. The average Bonchev–Trinajstić information content (AvgIpc) is 2.66. The summed E-state index contributed by atoms with van der Waals surface area (Å²) in [6.45, 7) is 7.43. The Morgan fingerprint density at radius 3 is 2.89 bits per heavy atom. The highest BCUT2D eigenvalue weighted by Crippen LogP contribution is 2.16. The number of ether oxygens (including phenoxy) is 1. The van der Waals surface area contributed by atoms with E-state index in [1.54, 1.807) is 0 Å². The first kappa shape index (κ1) is 13.3. The molecule has 0 N–H and O–H groups in total. The third kappa shape index (κ3) is 2.82. The topological polar surface area (TPSA) is 39.9 Å². The molecule has 0 amide bonds. The second kappa shape index (κ2) is 5.67. The Bertz CT molecular complexity index is 536. The monoisotopic (exact) mass is 267 g/mol. The standard InChI is InChI=1S/C13H18ClN3O/c1-9(2)18-5-4-17-12(7-14)16-11-6-10(3)8-15-13(11)17/h6,8-9H,4-5,7H2,1-3H3. The molecule has 0 atom stereocenters. The third-order valence-electron chi connectivity index (χ3n) is 2.69. The summed E-state index contributed by atoms with van der Waals surface area (Å²) in [5.74, 6) is 1.23. The number of fused-ring (bicyclic) bond motifs is 1. The predicted molar refractivity (Wildman–Crippen MR) is 72.9 cm³/mol. The summed E-state index contributed by atoms with van der Waals surface area (Å²) in [6, 6.07) is 2.03. The van der Waals surface area contributed by atoms with Crippen molar-refractivity contribution in [3.8, 4) is 0 Å². The van der Waals surface area contributed by atoms with Crippen molar-refractivity contribution in [3.63, 3.8) is 0 Å². The third-order valence-corrected chi connectivity index (χ3v) is 2.93. The van der Waals surface area contributed by atoms with Gasteiger partial charge in [0.2, 0.25) is 0 Å². The van der Waals surface area contributed by atoms with Gasteiger partial charge in [-0.05, 0) is 32.4 Å². The van der Waals surface area contributed by atoms with E-state index in [1.807, 2.05) is 37.6 Å². The summed E-state index contributed by atoms with van der Waals surface area (Å²) in [7, 11) is 0. The van der Waals surface area contributed by atoms with Gasteiger partial charge in [-0.2, -0.15) is 0 Å². The lowest BCUT2D eigenvalue weighted by Gasteiger charge is -2.10. The van der Waals surface area contributed by atoms with Crippen LogP contribution in [0.5, 0.6) is 0 Å². The molecule has 0 saturated carbocycles. The van der Waals surface area contributed by atoms with E-state index in [9.17, 15) is 0 Å². The van der Waals surface area contributed by atoms with Gasteiger partial charge in [-0.15, -0.1) is 11.6 Å². The molecule has 2 rings (SSSR count). The molecule has 0 bridgehead atoms. The van der Waals surface area contributed by atoms with Crippen LogP contribution in [0.25, 0.3) is 11.2 Å². The maximum Gasteiger partial charge on any atom is 0.160 e. The van der Waals surface area contributed by atoms with Gasteiger partial charge in [0, 0.05) is 12.7 Å². The Morgan fingerprint density at radius 1 is 1.44 bits per heavy atom. The molecule has 0 fully saturated rings. The highest BCUT2D eigenvalue weighted by Gasteiger charge is 2.11. The smallest absolute Gasteiger partial charge is 0.160 e. The maximum atomic E-state index is 5.93. The number of hydrogen-bond acceptors (Lipinski definition) is 3. The van der Waals surface area contributed by atoms with Crippen LogP contribution in [-0.4, -0.2) is 27.2 Å². The van der Waals surface area contributed by atoms with Crippen molar-refractivity contribution >= 4 is 22.8 Å². The molecule has 0 aliphatic rings. The Labute approximate surface area is 112 Å². The van der Waals surface area contributed by atoms with Gasteiger partial charge in [-0.25, -0.2) is 9.97 Å². The molecule has 0 aromatic carbocycles. The van der Waals surface area contributed by atoms with Gasteiger partial charge >= 0.3 is 0 Å². The van der Waals surface area contributed by atoms with Crippen molar-refractivity contribution in [3.05, 3.63) is 23.7 Å². The van der Waals surface area contributed by atoms with Crippen LogP contribution in [0.2, 0.25) is 0 Å². The van der Waals surface area contributed by atoms with E-state index in [0.29, 0.717) is 12.5 Å². The Kier molecular flexibility index (Phi) is 4.19. The fraction of sp³-hybridized carbons (Fsp3) is 0.538. The minimum atomic E-state index is 0.231. The number of halogens is 1. The number of alkyl halides is 1. The van der Waals surface area contributed by atoms with Gasteiger partial charge in [0.1, 0.15) is 11.3 Å². The normalized spacial score (nSPS) is 11.6. The molecule has 0 aliphatic heterocycles. The highest BCUT2D eigenvalue weighted by atomic mass is 35.5. The first-order chi connectivity index (χ1) is 8.61. The predicted octanol–water partition coefficient (Wildman–Crippen LogP) is 2.90. The zero-order chi connectivity index (χ0) is 13.1. The summed E-state index contributed by atoms with van der Waals surface area (Å²) in [4.78, 5) is 8.94. The van der Waals surface area contributed by atoms with Crippen molar-refractivity contribution in [2.45, 2.75) is 39.3 Å². The van der Waals surface area contributed by atoms with Crippen molar-refractivity contribution in [2.24, 2.45) is 0 Å². The van der Waals surface area contributed by atoms with Gasteiger partial charge < -0.3 is 9.30 Å². The second-order valence-corrected chi connectivity index (χ2v) is 4.86. The molecular formula is C13H18ClN3O. The molecular weight excluding hydrogens is 250 g/mol. The molecule has 0 saturated heterocycles. The maximum absolute atomic E-state index is 5.93. The Hall–Kier alpha value is -1.13. The molecule has 0 radical (unpaired) electrons. The highest BCUT2D eigenvalue weighted by molar-refractivity contribution is 6.16. The zero-order valence-corrected chi connectivity index (χ0v) is 11.7. The van der Waals surface area contributed by atoms with Crippen LogP contribution in [0, 0.1) is 6.92 Å². The summed E-state index contributed by atoms with van der Waals surface area (Å²) >= 11 is 5.93. The van der Waals surface area contributed by atoms with E-state index < -0.39 is 0 Å². The van der Waals surface area contributed by atoms with E-state index in [2.05, 4.69) is 9.97 Å². The van der Waals surface area contributed by atoms with E-state index in [4.69, 9.17) is 16.3 Å². The van der Waals surface area contributed by atoms with Gasteiger partial charge in [-0.3, -0.25) is 0 Å². The number of aryl methyl sites for hydroxylation is 1. The number of aromatic nitrogens is 3. The second-order valence-electron chi connectivity index (χ2n) is 4.59. The van der Waals surface area contributed by atoms with Crippen LogP contribution in [-0.2, 0) is 17.2 Å². The SMILES string of the molecule is Cc1cnc2c(c1)nc(CCl)n2CCOC(C)C. The van der Waals surface area contributed by atoms with Crippen LogP contribution >= 0.6 is 11.6 Å². The summed E-state index contributed by atoms with van der Waals surface area (Å²) < 4.78 is 7.60. The number of rotatable bonds is 5. The number of imidazole rings is 1. The van der Waals surface area contributed by atoms with Gasteiger partial charge in [0.15, 0.2) is 5.65 Å². The van der Waals surface area contributed by atoms with E-state index in [-0.39, 0.29) is 6.10 Å². The lowest BCUT2D eigenvalue weighted by molar-refractivity contribution is 0.0729. The quantitative estimate of drug-likeness (QED) is 0.782. The molecule has 0 aliphatic carbocycles. The molecule has 98 valence electrons.